The summed E-state index contributed by atoms with van der Waals surface area (Å²) in [7, 11) is 2.78. The van der Waals surface area contributed by atoms with Crippen molar-refractivity contribution in [3.05, 3.63) is 30.1 Å². The lowest BCUT2D eigenvalue weighted by molar-refractivity contribution is -0.674. The summed E-state index contributed by atoms with van der Waals surface area (Å²) >= 11 is 0. The number of carbonyl (C=O) groups excluding carboxylic acids is 1. The average Bonchev–Trinajstić information content (AvgIpc) is 2.29. The first-order chi connectivity index (χ1) is 8.25. The van der Waals surface area contributed by atoms with Crippen LogP contribution in [0.4, 0.5) is 0 Å². The van der Waals surface area contributed by atoms with E-state index in [-0.39, 0.29) is 13.2 Å². The Kier molecular flexibility index (Phi) is 10.8. The largest absolute Gasteiger partial charge is 0.461 e. The molecule has 1 heterocycles. The fourth-order valence-corrected chi connectivity index (χ4v) is 0.840. The molecule has 0 aliphatic heterocycles. The van der Waals surface area contributed by atoms with Crippen LogP contribution in [0.25, 0.3) is 0 Å². The van der Waals surface area contributed by atoms with E-state index in [1.54, 1.807) is 29.9 Å². The SMILES string of the molecule is CC.COC(=O)c1cccc[n+]1C.C[P+](C)(C)C. The number of pyridine rings is 1. The van der Waals surface area contributed by atoms with Crippen molar-refractivity contribution in [2.24, 2.45) is 7.05 Å². The highest BCUT2D eigenvalue weighted by Gasteiger charge is 2.14. The predicted molar refractivity (Wildman–Crippen MR) is 80.9 cm³/mol. The van der Waals surface area contributed by atoms with Crippen molar-refractivity contribution in [1.82, 2.24) is 0 Å². The van der Waals surface area contributed by atoms with Crippen LogP contribution in [0.15, 0.2) is 24.4 Å². The van der Waals surface area contributed by atoms with E-state index in [1.807, 2.05) is 19.9 Å². The van der Waals surface area contributed by atoms with Gasteiger partial charge in [0.05, 0.1) is 7.11 Å². The third-order valence-electron chi connectivity index (χ3n) is 1.45. The summed E-state index contributed by atoms with van der Waals surface area (Å²) in [6.45, 7) is 13.2. The third kappa shape index (κ3) is 11.5. The number of rotatable bonds is 1. The minimum absolute atomic E-state index is 0.312. The van der Waals surface area contributed by atoms with Crippen LogP contribution in [0, 0.1) is 0 Å². The van der Waals surface area contributed by atoms with Crippen LogP contribution in [0.5, 0.6) is 0 Å². The lowest BCUT2D eigenvalue weighted by Gasteiger charge is -1.97. The molecule has 0 radical (unpaired) electrons. The zero-order chi connectivity index (χ0) is 14.8. The van der Waals surface area contributed by atoms with Crippen molar-refractivity contribution in [2.75, 3.05) is 33.8 Å². The number of esters is 1. The Morgan fingerprint density at radius 2 is 1.61 bits per heavy atom. The van der Waals surface area contributed by atoms with Gasteiger partial charge in [-0.3, -0.25) is 0 Å². The van der Waals surface area contributed by atoms with Crippen molar-refractivity contribution in [1.29, 1.82) is 0 Å². The number of ether oxygens (including phenoxy) is 1. The van der Waals surface area contributed by atoms with Gasteiger partial charge in [0.15, 0.2) is 6.20 Å². The number of hydrogen-bond acceptors (Lipinski definition) is 2. The highest BCUT2D eigenvalue weighted by molar-refractivity contribution is 7.73. The van der Waals surface area contributed by atoms with Gasteiger partial charge in [0.2, 0.25) is 0 Å². The van der Waals surface area contributed by atoms with Gasteiger partial charge in [-0.2, -0.15) is 4.57 Å². The molecule has 0 fully saturated rings. The molecule has 1 aromatic heterocycles. The lowest BCUT2D eigenvalue weighted by atomic mass is 10.3. The van der Waals surface area contributed by atoms with Crippen LogP contribution in [0.2, 0.25) is 0 Å². The monoisotopic (exact) mass is 273 g/mol. The fourth-order valence-electron chi connectivity index (χ4n) is 0.840. The van der Waals surface area contributed by atoms with Crippen LogP contribution < -0.4 is 4.57 Å². The zero-order valence-electron chi connectivity index (χ0n) is 13.0. The van der Waals surface area contributed by atoms with Crippen LogP contribution in [0.3, 0.4) is 0 Å². The molecule has 0 aliphatic rings. The summed E-state index contributed by atoms with van der Waals surface area (Å²) in [5.41, 5.74) is 0.551. The van der Waals surface area contributed by atoms with Gasteiger partial charge >= 0.3 is 5.97 Å². The average molecular weight is 273 g/mol. The second-order valence-electron chi connectivity index (χ2n) is 4.87. The first kappa shape index (κ1) is 19.4. The van der Waals surface area contributed by atoms with Gasteiger partial charge < -0.3 is 4.74 Å². The van der Waals surface area contributed by atoms with Gasteiger partial charge in [-0.15, -0.1) is 0 Å². The van der Waals surface area contributed by atoms with Crippen molar-refractivity contribution in [3.8, 4) is 0 Å². The third-order valence-corrected chi connectivity index (χ3v) is 1.45. The van der Waals surface area contributed by atoms with Crippen LogP contribution in [-0.4, -0.2) is 39.7 Å². The second kappa shape index (κ2) is 10.0. The Morgan fingerprint density at radius 3 is 1.94 bits per heavy atom. The molecule has 104 valence electrons. The molecule has 18 heavy (non-hydrogen) atoms. The van der Waals surface area contributed by atoms with E-state index in [2.05, 4.69) is 31.4 Å². The fraction of sp³-hybridized carbons (Fsp3) is 0.571. The van der Waals surface area contributed by atoms with E-state index in [0.29, 0.717) is 5.69 Å². The molecule has 0 N–H and O–H groups in total. The number of hydrogen-bond donors (Lipinski definition) is 0. The molecular formula is C14H28NO2P+2. The summed E-state index contributed by atoms with van der Waals surface area (Å²) in [5, 5.41) is 0. The smallest absolute Gasteiger partial charge is 0.403 e. The number of methoxy groups -OCH3 is 1. The first-order valence-electron chi connectivity index (χ1n) is 6.07. The van der Waals surface area contributed by atoms with Gasteiger partial charge in [0, 0.05) is 46.1 Å². The van der Waals surface area contributed by atoms with E-state index < -0.39 is 0 Å². The normalized spacial score (nSPS) is 9.33. The molecule has 0 atom stereocenters. The molecule has 0 aliphatic carbocycles. The molecular weight excluding hydrogens is 245 g/mol. The predicted octanol–water partition coefficient (Wildman–Crippen LogP) is 2.85. The minimum Gasteiger partial charge on any atom is -0.461 e. The molecule has 0 saturated heterocycles. The van der Waals surface area contributed by atoms with E-state index in [4.69, 9.17) is 0 Å². The Balaban J connectivity index is 0. The molecule has 4 heteroatoms. The van der Waals surface area contributed by atoms with Crippen LogP contribution >= 0.6 is 7.26 Å². The number of aromatic nitrogens is 1. The van der Waals surface area contributed by atoms with Gasteiger partial charge in [0.25, 0.3) is 5.69 Å². The van der Waals surface area contributed by atoms with E-state index in [9.17, 15) is 4.79 Å². The maximum absolute atomic E-state index is 11.0. The Hall–Kier alpha value is -0.950. The Labute approximate surface area is 113 Å². The first-order valence-corrected chi connectivity index (χ1v) is 9.65. The summed E-state index contributed by atoms with van der Waals surface area (Å²) in [6.07, 6.45) is 1.80. The minimum atomic E-state index is -0.389. The van der Waals surface area contributed by atoms with Gasteiger partial charge in [-0.05, 0) is 6.07 Å². The topological polar surface area (TPSA) is 30.2 Å². The molecule has 1 rings (SSSR count). The van der Waals surface area contributed by atoms with Crippen LogP contribution in [0.1, 0.15) is 24.3 Å². The molecule has 0 unspecified atom stereocenters. The highest BCUT2D eigenvalue weighted by atomic mass is 31.2. The molecule has 0 amide bonds. The molecule has 0 bridgehead atoms. The second-order valence-corrected chi connectivity index (χ2v) is 10.2. The van der Waals surface area contributed by atoms with Gasteiger partial charge in [0.1, 0.15) is 7.05 Å². The van der Waals surface area contributed by atoms with Crippen molar-refractivity contribution in [3.63, 3.8) is 0 Å². The molecule has 1 aromatic rings. The van der Waals surface area contributed by atoms with Crippen molar-refractivity contribution in [2.45, 2.75) is 13.8 Å². The summed E-state index contributed by atoms with van der Waals surface area (Å²) in [4.78, 5) is 11.0. The van der Waals surface area contributed by atoms with E-state index in [0.717, 1.165) is 0 Å². The van der Waals surface area contributed by atoms with Gasteiger partial charge in [-0.1, -0.05) is 13.8 Å². The maximum atomic E-state index is 11.0. The lowest BCUT2D eigenvalue weighted by Crippen LogP contribution is -2.35. The summed E-state index contributed by atoms with van der Waals surface area (Å²) < 4.78 is 6.27. The van der Waals surface area contributed by atoms with Gasteiger partial charge in [-0.25, -0.2) is 4.79 Å². The molecule has 0 aromatic carbocycles. The standard InChI is InChI=1S/C8H10NO2.C4H12P.C2H6/c1-9-6-4-3-5-7(9)8(10)11-2;1-5(2,3)4;1-2/h3-6H,1-2H3;1-4H3;1-2H3/q2*+1;. The van der Waals surface area contributed by atoms with Crippen molar-refractivity contribution >= 4 is 13.2 Å². The number of carbonyl (C=O) groups is 1. The Bertz CT molecular complexity index is 340. The highest BCUT2D eigenvalue weighted by Crippen LogP contribution is 2.40. The molecule has 0 spiro atoms. The zero-order valence-corrected chi connectivity index (χ0v) is 13.9. The van der Waals surface area contributed by atoms with Crippen LogP contribution in [-0.2, 0) is 11.8 Å². The summed E-state index contributed by atoms with van der Waals surface area (Å²) in [5.74, 6) is -0.312. The summed E-state index contributed by atoms with van der Waals surface area (Å²) in [6, 6.07) is 5.37. The number of nitrogens with zero attached hydrogens (tertiary/aromatic N) is 1. The quantitative estimate of drug-likeness (QED) is 0.447. The molecule has 3 nitrogen and oxygen atoms in total. The number of aryl methyl sites for hydroxylation is 1. The maximum Gasteiger partial charge on any atom is 0.403 e. The van der Waals surface area contributed by atoms with E-state index in [1.165, 1.54) is 7.11 Å². The van der Waals surface area contributed by atoms with E-state index >= 15 is 0 Å². The van der Waals surface area contributed by atoms with Crippen molar-refractivity contribution < 1.29 is 14.1 Å². The Morgan fingerprint density at radius 1 is 1.17 bits per heavy atom. The molecule has 0 saturated carbocycles.